The number of anilines is 1. The van der Waals surface area contributed by atoms with Crippen LogP contribution in [0, 0.1) is 6.92 Å². The van der Waals surface area contributed by atoms with Gasteiger partial charge in [0.2, 0.25) is 5.88 Å². The third-order valence-electron chi connectivity index (χ3n) is 6.86. The highest BCUT2D eigenvalue weighted by molar-refractivity contribution is 5.90. The number of hydrogen-bond acceptors (Lipinski definition) is 4. The van der Waals surface area contributed by atoms with Crippen LogP contribution in [-0.2, 0) is 6.61 Å². The molecule has 4 heteroatoms. The van der Waals surface area contributed by atoms with E-state index in [-0.39, 0.29) is 0 Å². The number of pyridine rings is 1. The minimum Gasteiger partial charge on any atom is -0.473 e. The minimum atomic E-state index is 0.452. The van der Waals surface area contributed by atoms with Crippen LogP contribution in [0.1, 0.15) is 44.9 Å². The first-order chi connectivity index (χ1) is 17.6. The van der Waals surface area contributed by atoms with E-state index in [9.17, 15) is 0 Å². The summed E-state index contributed by atoms with van der Waals surface area (Å²) in [6.07, 6.45) is 2.39. The molecule has 0 saturated carbocycles. The van der Waals surface area contributed by atoms with Gasteiger partial charge in [-0.2, -0.15) is 0 Å². The Hall–Kier alpha value is -3.37. The topological polar surface area (TPSA) is 37.4 Å². The normalized spacial score (nSPS) is 12.1. The molecule has 0 spiro atoms. The van der Waals surface area contributed by atoms with E-state index in [0.717, 1.165) is 29.9 Å². The third-order valence-corrected chi connectivity index (χ3v) is 6.86. The van der Waals surface area contributed by atoms with Gasteiger partial charge in [-0.05, 0) is 92.5 Å². The van der Waals surface area contributed by atoms with Gasteiger partial charge in [-0.25, -0.2) is 4.98 Å². The summed E-state index contributed by atoms with van der Waals surface area (Å²) in [4.78, 5) is 7.19. The summed E-state index contributed by atoms with van der Waals surface area (Å²) in [5.41, 5.74) is 5.60. The molecule has 0 fully saturated rings. The Bertz CT molecular complexity index is 1250. The Kier molecular flexibility index (Phi) is 8.96. The lowest BCUT2D eigenvalue weighted by atomic mass is 10.00. The molecule has 1 heterocycles. The van der Waals surface area contributed by atoms with Crippen molar-refractivity contribution >= 4 is 16.5 Å². The highest BCUT2D eigenvalue weighted by Gasteiger charge is 2.09. The Balaban J connectivity index is 1.39. The summed E-state index contributed by atoms with van der Waals surface area (Å²) >= 11 is 0. The molecule has 4 rings (SSSR count). The van der Waals surface area contributed by atoms with Gasteiger partial charge in [0.15, 0.2) is 0 Å². The van der Waals surface area contributed by atoms with Crippen LogP contribution in [-0.4, -0.2) is 35.6 Å². The third kappa shape index (κ3) is 6.86. The van der Waals surface area contributed by atoms with E-state index in [4.69, 9.17) is 9.72 Å². The molecule has 1 aromatic heterocycles. The van der Waals surface area contributed by atoms with E-state index in [1.165, 1.54) is 41.4 Å². The second-order valence-electron chi connectivity index (χ2n) is 9.55. The van der Waals surface area contributed by atoms with Gasteiger partial charge in [-0.3, -0.25) is 0 Å². The fraction of sp³-hybridized carbons (Fsp3) is 0.344. The van der Waals surface area contributed by atoms with Crippen molar-refractivity contribution in [1.82, 2.24) is 9.88 Å². The lowest BCUT2D eigenvalue weighted by Gasteiger charge is -2.20. The maximum absolute atomic E-state index is 5.91. The van der Waals surface area contributed by atoms with E-state index < -0.39 is 0 Å². The molecule has 0 saturated heterocycles. The number of ether oxygens (including phenoxy) is 1. The average Bonchev–Trinajstić information content (AvgIpc) is 2.90. The van der Waals surface area contributed by atoms with Crippen molar-refractivity contribution in [3.8, 4) is 17.0 Å². The number of nitrogens with one attached hydrogen (secondary N) is 1. The van der Waals surface area contributed by atoms with Crippen LogP contribution >= 0.6 is 0 Å². The molecule has 1 atom stereocenters. The SMILES string of the molecule is CCN(CC)CCCC(C)Nc1ccc2cc(-c3ccc(OCc4ccccc4)nc3C)ccc2c1. The molecule has 0 bridgehead atoms. The van der Waals surface area contributed by atoms with Gasteiger partial charge in [0.25, 0.3) is 0 Å². The second-order valence-corrected chi connectivity index (χ2v) is 9.55. The maximum Gasteiger partial charge on any atom is 0.213 e. The molecule has 36 heavy (non-hydrogen) atoms. The Labute approximate surface area is 216 Å². The van der Waals surface area contributed by atoms with E-state index in [1.807, 2.05) is 31.2 Å². The van der Waals surface area contributed by atoms with E-state index in [0.29, 0.717) is 18.5 Å². The minimum absolute atomic E-state index is 0.452. The smallest absolute Gasteiger partial charge is 0.213 e. The first-order valence-corrected chi connectivity index (χ1v) is 13.2. The summed E-state index contributed by atoms with van der Waals surface area (Å²) in [6, 6.07) is 28.0. The van der Waals surface area contributed by atoms with Crippen molar-refractivity contribution in [1.29, 1.82) is 0 Å². The number of fused-ring (bicyclic) bond motifs is 1. The molecule has 188 valence electrons. The predicted molar refractivity (Wildman–Crippen MR) is 153 cm³/mol. The van der Waals surface area contributed by atoms with Crippen molar-refractivity contribution in [3.63, 3.8) is 0 Å². The molecular weight excluding hydrogens is 442 g/mol. The summed E-state index contributed by atoms with van der Waals surface area (Å²) < 4.78 is 5.91. The van der Waals surface area contributed by atoms with Crippen molar-refractivity contribution in [3.05, 3.63) is 90.1 Å². The van der Waals surface area contributed by atoms with Crippen molar-refractivity contribution in [2.75, 3.05) is 25.0 Å². The maximum atomic E-state index is 5.91. The zero-order valence-electron chi connectivity index (χ0n) is 22.1. The summed E-state index contributed by atoms with van der Waals surface area (Å²) in [5, 5.41) is 6.16. The lowest BCUT2D eigenvalue weighted by molar-refractivity contribution is 0.293. The molecule has 4 nitrogen and oxygen atoms in total. The van der Waals surface area contributed by atoms with Crippen LogP contribution in [0.25, 0.3) is 21.9 Å². The number of aryl methyl sites for hydroxylation is 1. The van der Waals surface area contributed by atoms with Crippen LogP contribution in [0.4, 0.5) is 5.69 Å². The van der Waals surface area contributed by atoms with Gasteiger partial charge in [0, 0.05) is 29.1 Å². The largest absolute Gasteiger partial charge is 0.473 e. The van der Waals surface area contributed by atoms with Gasteiger partial charge in [-0.1, -0.05) is 62.4 Å². The summed E-state index contributed by atoms with van der Waals surface area (Å²) in [7, 11) is 0. The number of nitrogens with zero attached hydrogens (tertiary/aromatic N) is 2. The molecule has 1 N–H and O–H groups in total. The molecule has 1 unspecified atom stereocenters. The lowest BCUT2D eigenvalue weighted by Crippen LogP contribution is -2.25. The highest BCUT2D eigenvalue weighted by atomic mass is 16.5. The van der Waals surface area contributed by atoms with Crippen LogP contribution < -0.4 is 10.1 Å². The van der Waals surface area contributed by atoms with Crippen LogP contribution in [0.15, 0.2) is 78.9 Å². The van der Waals surface area contributed by atoms with Gasteiger partial charge in [0.05, 0.1) is 0 Å². The molecular formula is C32H39N3O. The quantitative estimate of drug-likeness (QED) is 0.225. The molecule has 0 aliphatic carbocycles. The Morgan fingerprint density at radius 3 is 2.39 bits per heavy atom. The predicted octanol–water partition coefficient (Wildman–Crippen LogP) is 7.71. The molecule has 0 amide bonds. The number of aromatic nitrogens is 1. The monoisotopic (exact) mass is 481 g/mol. The van der Waals surface area contributed by atoms with Gasteiger partial charge >= 0.3 is 0 Å². The van der Waals surface area contributed by atoms with Crippen molar-refractivity contribution in [2.24, 2.45) is 0 Å². The zero-order valence-corrected chi connectivity index (χ0v) is 22.1. The van der Waals surface area contributed by atoms with Crippen LogP contribution in [0.3, 0.4) is 0 Å². The first kappa shape index (κ1) is 25.7. The van der Waals surface area contributed by atoms with Gasteiger partial charge in [0.1, 0.15) is 6.61 Å². The van der Waals surface area contributed by atoms with E-state index >= 15 is 0 Å². The van der Waals surface area contributed by atoms with Gasteiger partial charge in [-0.15, -0.1) is 0 Å². The molecule has 0 aliphatic heterocycles. The Morgan fingerprint density at radius 1 is 0.889 bits per heavy atom. The number of rotatable bonds is 12. The van der Waals surface area contributed by atoms with Crippen LogP contribution in [0.5, 0.6) is 5.88 Å². The van der Waals surface area contributed by atoms with Crippen molar-refractivity contribution in [2.45, 2.75) is 53.2 Å². The molecule has 0 radical (unpaired) electrons. The molecule has 4 aromatic rings. The van der Waals surface area contributed by atoms with E-state index in [2.05, 4.69) is 85.6 Å². The number of hydrogen-bond donors (Lipinski definition) is 1. The van der Waals surface area contributed by atoms with Crippen LogP contribution in [0.2, 0.25) is 0 Å². The molecule has 3 aromatic carbocycles. The second kappa shape index (κ2) is 12.5. The standard InChI is InChI=1S/C32H39N3O/c1-5-35(6-2)20-10-11-24(3)33-30-17-16-27-21-29(15-14-28(27)22-30)31-18-19-32(34-25(31)4)36-23-26-12-8-7-9-13-26/h7-9,12-19,21-22,24,33H,5-6,10-11,20,23H2,1-4H3. The van der Waals surface area contributed by atoms with E-state index in [1.54, 1.807) is 0 Å². The first-order valence-electron chi connectivity index (χ1n) is 13.2. The van der Waals surface area contributed by atoms with Gasteiger partial charge < -0.3 is 15.0 Å². The molecule has 0 aliphatic rings. The fourth-order valence-corrected chi connectivity index (χ4v) is 4.68. The Morgan fingerprint density at radius 2 is 1.64 bits per heavy atom. The fourth-order valence-electron chi connectivity index (χ4n) is 4.68. The summed E-state index contributed by atoms with van der Waals surface area (Å²) in [6.45, 7) is 12.8. The summed E-state index contributed by atoms with van der Waals surface area (Å²) in [5.74, 6) is 0.655. The number of benzene rings is 3. The van der Waals surface area contributed by atoms with Crippen molar-refractivity contribution < 1.29 is 4.74 Å². The average molecular weight is 482 g/mol. The zero-order chi connectivity index (χ0) is 25.3. The highest BCUT2D eigenvalue weighted by Crippen LogP contribution is 2.29.